The average Bonchev–Trinajstić information content (AvgIpc) is 2.27. The van der Waals surface area contributed by atoms with E-state index in [2.05, 4.69) is 4.74 Å². The molecule has 0 aromatic rings. The Hall–Kier alpha value is -1.40. The quantitative estimate of drug-likeness (QED) is 0.366. The summed E-state index contributed by atoms with van der Waals surface area (Å²) in [6.07, 6.45) is 3.55. The van der Waals surface area contributed by atoms with Crippen molar-refractivity contribution in [2.24, 2.45) is 0 Å². The highest BCUT2D eigenvalue weighted by Gasteiger charge is 2.19. The summed E-state index contributed by atoms with van der Waals surface area (Å²) in [6, 6.07) is 0. The maximum atomic E-state index is 11.4. The van der Waals surface area contributed by atoms with Crippen molar-refractivity contribution in [1.29, 1.82) is 10.5 Å². The van der Waals surface area contributed by atoms with E-state index in [9.17, 15) is 4.79 Å². The zero-order valence-corrected chi connectivity index (χ0v) is 9.96. The van der Waals surface area contributed by atoms with Crippen molar-refractivity contribution in [3.8, 4) is 11.7 Å². The van der Waals surface area contributed by atoms with E-state index >= 15 is 0 Å². The topological polar surface area (TPSA) is 83.1 Å². The van der Waals surface area contributed by atoms with Crippen molar-refractivity contribution < 1.29 is 14.3 Å². The Morgan fingerprint density at radius 1 is 1.44 bits per heavy atom. The first kappa shape index (κ1) is 14.6. The molecule has 0 radical (unpaired) electrons. The lowest BCUT2D eigenvalue weighted by Gasteiger charge is -2.10. The number of nitriles is 2. The lowest BCUT2D eigenvalue weighted by molar-refractivity contribution is -0.142. The van der Waals surface area contributed by atoms with Crippen molar-refractivity contribution >= 4 is 17.7 Å². The Bertz CT molecular complexity index is 283. The molecule has 0 saturated carbocycles. The normalized spacial score (nSPS) is 10.9. The van der Waals surface area contributed by atoms with Crippen LogP contribution in [0, 0.1) is 22.2 Å². The number of unbranched alkanes of at least 4 members (excludes halogenated alkanes) is 1. The van der Waals surface area contributed by atoms with E-state index in [1.807, 2.05) is 5.40 Å². The molecule has 0 bridgehead atoms. The number of thioether (sulfide) groups is 1. The fourth-order valence-corrected chi connectivity index (χ4v) is 1.65. The maximum Gasteiger partial charge on any atom is 0.320 e. The van der Waals surface area contributed by atoms with E-state index in [0.717, 1.165) is 18.2 Å². The van der Waals surface area contributed by atoms with Crippen LogP contribution in [0.5, 0.6) is 0 Å². The van der Waals surface area contributed by atoms with E-state index in [0.29, 0.717) is 26.1 Å². The molecule has 0 aliphatic heterocycles. The zero-order valence-electron chi connectivity index (χ0n) is 9.14. The van der Waals surface area contributed by atoms with Crippen LogP contribution in [0.15, 0.2) is 0 Å². The second kappa shape index (κ2) is 10.1. The molecule has 0 N–H and O–H groups in total. The molecular weight excluding hydrogens is 228 g/mol. The van der Waals surface area contributed by atoms with Crippen molar-refractivity contribution in [2.45, 2.75) is 31.4 Å². The number of rotatable bonds is 8. The largest absolute Gasteiger partial charge is 0.465 e. The summed E-state index contributed by atoms with van der Waals surface area (Å²) >= 11 is 0.913. The highest BCUT2D eigenvalue weighted by atomic mass is 32.2. The standard InChI is InChI=1S/C10H14N2O3S/c1-2-15-10(13)9(16-8-12)5-3-4-6-14-7-11/h9H,2-6H2,1H3. The Balaban J connectivity index is 3.82. The van der Waals surface area contributed by atoms with Crippen LogP contribution in [0.2, 0.25) is 0 Å². The summed E-state index contributed by atoms with van der Waals surface area (Å²) in [5.41, 5.74) is 0. The number of hydrogen-bond donors (Lipinski definition) is 0. The van der Waals surface area contributed by atoms with Crippen LogP contribution in [0.3, 0.4) is 0 Å². The van der Waals surface area contributed by atoms with Gasteiger partial charge in [-0.05, 0) is 37.9 Å². The molecule has 16 heavy (non-hydrogen) atoms. The van der Waals surface area contributed by atoms with Crippen molar-refractivity contribution in [1.82, 2.24) is 0 Å². The van der Waals surface area contributed by atoms with Crippen molar-refractivity contribution in [3.63, 3.8) is 0 Å². The van der Waals surface area contributed by atoms with E-state index in [4.69, 9.17) is 15.3 Å². The smallest absolute Gasteiger partial charge is 0.320 e. The minimum absolute atomic E-state index is 0.318. The van der Waals surface area contributed by atoms with Gasteiger partial charge in [0.2, 0.25) is 0 Å². The van der Waals surface area contributed by atoms with Gasteiger partial charge in [0, 0.05) is 0 Å². The molecule has 0 spiro atoms. The monoisotopic (exact) mass is 242 g/mol. The SMILES string of the molecule is CCOC(=O)C(CCCCOC#N)SC#N. The predicted octanol–water partition coefficient (Wildman–Crippen LogP) is 1.80. The number of ether oxygens (including phenoxy) is 2. The summed E-state index contributed by atoms with van der Waals surface area (Å²) in [4.78, 5) is 11.4. The molecule has 1 atom stereocenters. The third kappa shape index (κ3) is 6.97. The first-order chi connectivity index (χ1) is 7.76. The molecule has 0 aromatic heterocycles. The number of carbonyl (C=O) groups excluding carboxylic acids is 1. The lowest BCUT2D eigenvalue weighted by Crippen LogP contribution is -2.20. The summed E-state index contributed by atoms with van der Waals surface area (Å²) in [6.45, 7) is 2.40. The molecule has 0 heterocycles. The van der Waals surface area contributed by atoms with Gasteiger partial charge in [0.15, 0.2) is 0 Å². The Morgan fingerprint density at radius 3 is 2.75 bits per heavy atom. The number of hydrogen-bond acceptors (Lipinski definition) is 6. The highest BCUT2D eigenvalue weighted by Crippen LogP contribution is 2.17. The molecule has 0 aliphatic rings. The molecule has 5 nitrogen and oxygen atoms in total. The minimum atomic E-state index is -0.438. The van der Waals surface area contributed by atoms with Gasteiger partial charge >= 0.3 is 5.97 Å². The molecular formula is C10H14N2O3S. The Morgan fingerprint density at radius 2 is 2.19 bits per heavy atom. The summed E-state index contributed by atoms with van der Waals surface area (Å²) < 4.78 is 9.34. The maximum absolute atomic E-state index is 11.4. The van der Waals surface area contributed by atoms with Crippen molar-refractivity contribution in [2.75, 3.05) is 13.2 Å². The number of thiocyanates is 1. The third-order valence-electron chi connectivity index (χ3n) is 1.77. The predicted molar refractivity (Wildman–Crippen MR) is 59.0 cm³/mol. The molecule has 0 aromatic carbocycles. The Labute approximate surface area is 99.3 Å². The molecule has 0 saturated heterocycles. The van der Waals surface area contributed by atoms with Crippen LogP contribution in [0.25, 0.3) is 0 Å². The zero-order chi connectivity index (χ0) is 12.2. The first-order valence-corrected chi connectivity index (χ1v) is 5.86. The second-order valence-electron chi connectivity index (χ2n) is 2.89. The van der Waals surface area contributed by atoms with Gasteiger partial charge in [-0.2, -0.15) is 10.5 Å². The van der Waals surface area contributed by atoms with Crippen LogP contribution in [0.4, 0.5) is 0 Å². The van der Waals surface area contributed by atoms with Gasteiger partial charge in [0.1, 0.15) is 17.3 Å². The fourth-order valence-electron chi connectivity index (χ4n) is 1.07. The highest BCUT2D eigenvalue weighted by molar-refractivity contribution is 8.04. The summed E-state index contributed by atoms with van der Waals surface area (Å²) in [5, 5.41) is 18.1. The number of carbonyl (C=O) groups is 1. The van der Waals surface area contributed by atoms with Gasteiger partial charge in [-0.15, -0.1) is 0 Å². The minimum Gasteiger partial charge on any atom is -0.465 e. The van der Waals surface area contributed by atoms with Gasteiger partial charge in [-0.25, -0.2) is 0 Å². The molecule has 0 fully saturated rings. The molecule has 1 unspecified atom stereocenters. The third-order valence-corrected chi connectivity index (χ3v) is 2.59. The number of esters is 1. The van der Waals surface area contributed by atoms with Crippen LogP contribution in [0.1, 0.15) is 26.2 Å². The Kier molecular flexibility index (Phi) is 9.24. The molecule has 6 heteroatoms. The average molecular weight is 242 g/mol. The van der Waals surface area contributed by atoms with Gasteiger partial charge in [0.25, 0.3) is 6.26 Å². The first-order valence-electron chi connectivity index (χ1n) is 4.98. The van der Waals surface area contributed by atoms with E-state index < -0.39 is 5.25 Å². The molecule has 0 rings (SSSR count). The number of nitrogens with zero attached hydrogens (tertiary/aromatic N) is 2. The van der Waals surface area contributed by atoms with Crippen LogP contribution in [-0.2, 0) is 14.3 Å². The van der Waals surface area contributed by atoms with Crippen LogP contribution < -0.4 is 0 Å². The van der Waals surface area contributed by atoms with Gasteiger partial charge < -0.3 is 9.47 Å². The molecule has 88 valence electrons. The fraction of sp³-hybridized carbons (Fsp3) is 0.700. The van der Waals surface area contributed by atoms with Crippen molar-refractivity contribution in [3.05, 3.63) is 0 Å². The lowest BCUT2D eigenvalue weighted by atomic mass is 10.2. The van der Waals surface area contributed by atoms with Gasteiger partial charge in [0.05, 0.1) is 6.61 Å². The van der Waals surface area contributed by atoms with E-state index in [1.165, 1.54) is 0 Å². The molecule has 0 aliphatic carbocycles. The van der Waals surface area contributed by atoms with Crippen LogP contribution in [-0.4, -0.2) is 24.4 Å². The van der Waals surface area contributed by atoms with E-state index in [1.54, 1.807) is 13.2 Å². The van der Waals surface area contributed by atoms with Crippen LogP contribution >= 0.6 is 11.8 Å². The van der Waals surface area contributed by atoms with Gasteiger partial charge in [-0.1, -0.05) is 0 Å². The summed E-state index contributed by atoms with van der Waals surface area (Å²) in [7, 11) is 0. The van der Waals surface area contributed by atoms with E-state index in [-0.39, 0.29) is 5.97 Å². The summed E-state index contributed by atoms with van der Waals surface area (Å²) in [5.74, 6) is -0.352. The van der Waals surface area contributed by atoms with Gasteiger partial charge in [-0.3, -0.25) is 4.79 Å². The molecule has 0 amide bonds. The second-order valence-corrected chi connectivity index (χ2v) is 3.87.